The van der Waals surface area contributed by atoms with Gasteiger partial charge in [-0.05, 0) is 0 Å². The van der Waals surface area contributed by atoms with E-state index < -0.39 is 0 Å². The zero-order valence-electron chi connectivity index (χ0n) is 8.41. The van der Waals surface area contributed by atoms with E-state index in [-0.39, 0.29) is 0 Å². The average Bonchev–Trinajstić information content (AvgIpc) is 2.45. The molecule has 2 atom stereocenters. The summed E-state index contributed by atoms with van der Waals surface area (Å²) >= 11 is 3.56. The molecule has 2 unspecified atom stereocenters. The minimum Gasteiger partial charge on any atom is -0.493 e. The summed E-state index contributed by atoms with van der Waals surface area (Å²) in [5.74, 6) is 1.25. The molecule has 0 aliphatic heterocycles. The van der Waals surface area contributed by atoms with Crippen LogP contribution in [0.5, 0.6) is 5.75 Å². The van der Waals surface area contributed by atoms with Gasteiger partial charge >= 0.3 is 0 Å². The molecule has 0 aliphatic rings. The third kappa shape index (κ3) is 2.05. The van der Waals surface area contributed by atoms with Crippen LogP contribution in [-0.2, 0) is 7.05 Å². The molecular formula is C9H15BrN2O. The lowest BCUT2D eigenvalue weighted by Gasteiger charge is -2.15. The van der Waals surface area contributed by atoms with E-state index in [4.69, 9.17) is 4.74 Å². The number of methoxy groups -OCH3 is 1. The van der Waals surface area contributed by atoms with E-state index in [0.717, 1.165) is 11.4 Å². The van der Waals surface area contributed by atoms with Crippen LogP contribution in [0.15, 0.2) is 6.20 Å². The number of alkyl halides is 1. The number of halogens is 1. The molecule has 74 valence electrons. The van der Waals surface area contributed by atoms with Gasteiger partial charge in [0.1, 0.15) is 0 Å². The van der Waals surface area contributed by atoms with Crippen molar-refractivity contribution in [1.82, 2.24) is 9.78 Å². The Morgan fingerprint density at radius 2 is 2.15 bits per heavy atom. The molecule has 0 saturated carbocycles. The van der Waals surface area contributed by atoms with Gasteiger partial charge in [-0.2, -0.15) is 5.10 Å². The number of ether oxygens (including phenoxy) is 1. The van der Waals surface area contributed by atoms with Gasteiger partial charge in [0.2, 0.25) is 0 Å². The van der Waals surface area contributed by atoms with Crippen molar-refractivity contribution in [3.8, 4) is 5.75 Å². The third-order valence-corrected chi connectivity index (χ3v) is 3.08. The highest BCUT2D eigenvalue weighted by Crippen LogP contribution is 2.30. The van der Waals surface area contributed by atoms with Gasteiger partial charge in [0.25, 0.3) is 0 Å². The fourth-order valence-electron chi connectivity index (χ4n) is 1.32. The summed E-state index contributed by atoms with van der Waals surface area (Å²) < 4.78 is 7.10. The Balaban J connectivity index is 3.03. The van der Waals surface area contributed by atoms with E-state index in [0.29, 0.717) is 10.7 Å². The summed E-state index contributed by atoms with van der Waals surface area (Å²) in [4.78, 5) is 0.414. The molecule has 0 saturated heterocycles. The maximum absolute atomic E-state index is 5.23. The van der Waals surface area contributed by atoms with Gasteiger partial charge in [-0.25, -0.2) is 0 Å². The van der Waals surface area contributed by atoms with Crippen molar-refractivity contribution < 1.29 is 4.74 Å². The predicted molar refractivity (Wildman–Crippen MR) is 56.6 cm³/mol. The van der Waals surface area contributed by atoms with Crippen LogP contribution < -0.4 is 4.74 Å². The second kappa shape index (κ2) is 4.13. The summed E-state index contributed by atoms with van der Waals surface area (Å²) in [6, 6.07) is 0. The Bertz CT molecular complexity index is 283. The van der Waals surface area contributed by atoms with Crippen LogP contribution in [0.1, 0.15) is 25.5 Å². The maximum atomic E-state index is 5.23. The van der Waals surface area contributed by atoms with Crippen LogP contribution in [0, 0.1) is 0 Å². The second-order valence-corrected chi connectivity index (χ2v) is 4.63. The minimum atomic E-state index is 0.391. The standard InChI is InChI=1S/C9H15BrN2O/c1-6(7(2)10)9-8(13-4)5-11-12(9)3/h5-7H,1-4H3. The Morgan fingerprint density at radius 3 is 2.62 bits per heavy atom. The molecule has 0 amide bonds. The molecule has 0 bridgehead atoms. The smallest absolute Gasteiger partial charge is 0.160 e. The van der Waals surface area contributed by atoms with E-state index in [2.05, 4.69) is 34.9 Å². The molecule has 3 nitrogen and oxygen atoms in total. The lowest BCUT2D eigenvalue weighted by Crippen LogP contribution is -2.11. The summed E-state index contributed by atoms with van der Waals surface area (Å²) in [5.41, 5.74) is 1.13. The van der Waals surface area contributed by atoms with Gasteiger partial charge in [-0.15, -0.1) is 0 Å². The van der Waals surface area contributed by atoms with Crippen LogP contribution in [-0.4, -0.2) is 21.7 Å². The Morgan fingerprint density at radius 1 is 1.54 bits per heavy atom. The Kier molecular flexibility index (Phi) is 3.36. The largest absolute Gasteiger partial charge is 0.493 e. The molecule has 0 N–H and O–H groups in total. The molecular weight excluding hydrogens is 232 g/mol. The molecule has 0 radical (unpaired) electrons. The normalized spacial score (nSPS) is 15.5. The maximum Gasteiger partial charge on any atom is 0.160 e. The average molecular weight is 247 g/mol. The number of hydrogen-bond acceptors (Lipinski definition) is 2. The molecule has 1 aromatic heterocycles. The molecule has 1 heterocycles. The quantitative estimate of drug-likeness (QED) is 0.766. The molecule has 0 aromatic carbocycles. The first kappa shape index (κ1) is 10.6. The Hall–Kier alpha value is -0.510. The van der Waals surface area contributed by atoms with Gasteiger partial charge in [0, 0.05) is 17.8 Å². The van der Waals surface area contributed by atoms with Crippen molar-refractivity contribution in [3.05, 3.63) is 11.9 Å². The highest BCUT2D eigenvalue weighted by molar-refractivity contribution is 9.09. The monoisotopic (exact) mass is 246 g/mol. The van der Waals surface area contributed by atoms with Gasteiger partial charge in [-0.3, -0.25) is 4.68 Å². The van der Waals surface area contributed by atoms with E-state index in [9.17, 15) is 0 Å². The first-order valence-corrected chi connectivity index (χ1v) is 5.19. The molecule has 0 aliphatic carbocycles. The van der Waals surface area contributed by atoms with Crippen molar-refractivity contribution in [2.75, 3.05) is 7.11 Å². The zero-order valence-corrected chi connectivity index (χ0v) is 10.00. The summed E-state index contributed by atoms with van der Waals surface area (Å²) in [6.07, 6.45) is 1.75. The number of nitrogens with zero attached hydrogens (tertiary/aromatic N) is 2. The number of aromatic nitrogens is 2. The van der Waals surface area contributed by atoms with Crippen LogP contribution in [0.3, 0.4) is 0 Å². The number of rotatable bonds is 3. The van der Waals surface area contributed by atoms with Gasteiger partial charge in [0.15, 0.2) is 5.75 Å². The first-order valence-electron chi connectivity index (χ1n) is 4.27. The van der Waals surface area contributed by atoms with Crippen molar-refractivity contribution in [3.63, 3.8) is 0 Å². The van der Waals surface area contributed by atoms with Gasteiger partial charge in [0.05, 0.1) is 19.0 Å². The zero-order chi connectivity index (χ0) is 10.0. The molecule has 1 rings (SSSR count). The molecule has 0 spiro atoms. The van der Waals surface area contributed by atoms with E-state index in [1.54, 1.807) is 13.3 Å². The molecule has 1 aromatic rings. The fraction of sp³-hybridized carbons (Fsp3) is 0.667. The predicted octanol–water partition coefficient (Wildman–Crippen LogP) is 2.32. The minimum absolute atomic E-state index is 0.391. The summed E-state index contributed by atoms with van der Waals surface area (Å²) in [5, 5.41) is 4.16. The van der Waals surface area contributed by atoms with Crippen molar-refractivity contribution >= 4 is 15.9 Å². The summed E-state index contributed by atoms with van der Waals surface area (Å²) in [7, 11) is 3.61. The van der Waals surface area contributed by atoms with Crippen molar-refractivity contribution in [1.29, 1.82) is 0 Å². The topological polar surface area (TPSA) is 27.1 Å². The Labute approximate surface area is 87.2 Å². The van der Waals surface area contributed by atoms with Crippen LogP contribution in [0.4, 0.5) is 0 Å². The van der Waals surface area contributed by atoms with Crippen LogP contribution >= 0.6 is 15.9 Å². The van der Waals surface area contributed by atoms with Gasteiger partial charge < -0.3 is 4.74 Å². The first-order chi connectivity index (χ1) is 6.07. The lowest BCUT2D eigenvalue weighted by molar-refractivity contribution is 0.404. The number of hydrogen-bond donors (Lipinski definition) is 0. The SMILES string of the molecule is COc1cnn(C)c1C(C)C(C)Br. The molecule has 0 fully saturated rings. The van der Waals surface area contributed by atoms with Gasteiger partial charge in [-0.1, -0.05) is 29.8 Å². The van der Waals surface area contributed by atoms with Crippen LogP contribution in [0.2, 0.25) is 0 Å². The van der Waals surface area contributed by atoms with Crippen molar-refractivity contribution in [2.24, 2.45) is 7.05 Å². The summed E-state index contributed by atoms with van der Waals surface area (Å²) in [6.45, 7) is 4.27. The van der Waals surface area contributed by atoms with E-state index in [1.165, 1.54) is 0 Å². The second-order valence-electron chi connectivity index (χ2n) is 3.19. The lowest BCUT2D eigenvalue weighted by atomic mass is 10.0. The highest BCUT2D eigenvalue weighted by atomic mass is 79.9. The van der Waals surface area contributed by atoms with E-state index >= 15 is 0 Å². The third-order valence-electron chi connectivity index (χ3n) is 2.29. The van der Waals surface area contributed by atoms with E-state index in [1.807, 2.05) is 11.7 Å². The fourth-order valence-corrected chi connectivity index (χ4v) is 1.57. The highest BCUT2D eigenvalue weighted by Gasteiger charge is 2.19. The van der Waals surface area contributed by atoms with Crippen LogP contribution in [0.25, 0.3) is 0 Å². The molecule has 4 heteroatoms. The van der Waals surface area contributed by atoms with Crippen molar-refractivity contribution in [2.45, 2.75) is 24.6 Å². The number of aryl methyl sites for hydroxylation is 1. The molecule has 13 heavy (non-hydrogen) atoms.